The molecule has 0 aliphatic carbocycles. The molecule has 0 bridgehead atoms. The highest BCUT2D eigenvalue weighted by atomic mass is 32.2. The van der Waals surface area contributed by atoms with Crippen LogP contribution in [0.1, 0.15) is 38.6 Å². The number of carbonyl (C=O) groups excluding carboxylic acids is 1. The van der Waals surface area contributed by atoms with Gasteiger partial charge in [0.25, 0.3) is 0 Å². The standard InChI is InChI=1S/C12H16N2.C4H9NO2S/c1-4-10-6-7-12-11(8-10)13-9(3)14(12)5-2;1-3-4(6)5-8(2)7/h6-8H,4-5H2,1-3H3;3H2,1-2H3,(H,5,6). The van der Waals surface area contributed by atoms with E-state index in [0.717, 1.165) is 24.3 Å². The van der Waals surface area contributed by atoms with Gasteiger partial charge < -0.3 is 4.57 Å². The molecule has 0 aliphatic rings. The third-order valence-electron chi connectivity index (χ3n) is 3.31. The SMILES string of the molecule is CCC(=O)NS(C)=O.CCc1ccc2c(c1)nc(C)n2CC. The molecule has 2 rings (SSSR count). The van der Waals surface area contributed by atoms with Crippen molar-refractivity contribution in [2.45, 2.75) is 47.1 Å². The van der Waals surface area contributed by atoms with Crippen LogP contribution >= 0.6 is 0 Å². The number of amides is 1. The zero-order chi connectivity index (χ0) is 16.7. The van der Waals surface area contributed by atoms with Crippen LogP contribution in [0.25, 0.3) is 11.0 Å². The summed E-state index contributed by atoms with van der Waals surface area (Å²) in [5, 5.41) is 0. The Balaban J connectivity index is 0.000000261. The Kier molecular flexibility index (Phi) is 7.24. The number of nitrogens with zero attached hydrogens (tertiary/aromatic N) is 2. The zero-order valence-corrected chi connectivity index (χ0v) is 14.8. The average Bonchev–Trinajstić information content (AvgIpc) is 2.81. The molecular formula is C16H25N3O2S. The number of carbonyl (C=O) groups is 1. The molecule has 1 unspecified atom stereocenters. The minimum atomic E-state index is -1.20. The second-order valence-electron chi connectivity index (χ2n) is 4.91. The summed E-state index contributed by atoms with van der Waals surface area (Å²) < 4.78 is 14.7. The summed E-state index contributed by atoms with van der Waals surface area (Å²) in [6.07, 6.45) is 2.89. The third-order valence-corrected chi connectivity index (χ3v) is 3.82. The minimum Gasteiger partial charge on any atom is -0.329 e. The smallest absolute Gasteiger partial charge is 0.231 e. The first kappa shape index (κ1) is 18.4. The van der Waals surface area contributed by atoms with Gasteiger partial charge in [-0.25, -0.2) is 9.19 Å². The number of benzene rings is 1. The van der Waals surface area contributed by atoms with Crippen LogP contribution in [-0.2, 0) is 28.7 Å². The van der Waals surface area contributed by atoms with Crippen LogP contribution in [0.2, 0.25) is 0 Å². The highest BCUT2D eigenvalue weighted by Gasteiger charge is 2.05. The molecule has 6 heteroatoms. The second kappa shape index (κ2) is 8.68. The first-order chi connectivity index (χ1) is 10.4. The second-order valence-corrected chi connectivity index (χ2v) is 6.03. The van der Waals surface area contributed by atoms with Crippen LogP contribution in [0.3, 0.4) is 0 Å². The molecule has 22 heavy (non-hydrogen) atoms. The van der Waals surface area contributed by atoms with Crippen LogP contribution < -0.4 is 4.72 Å². The maximum atomic E-state index is 10.3. The number of hydrogen-bond acceptors (Lipinski definition) is 3. The molecule has 2 aromatic rings. The maximum absolute atomic E-state index is 10.3. The number of rotatable bonds is 4. The van der Waals surface area contributed by atoms with Gasteiger partial charge in [0.05, 0.1) is 11.0 Å². The lowest BCUT2D eigenvalue weighted by atomic mass is 10.1. The summed E-state index contributed by atoms with van der Waals surface area (Å²) in [5.74, 6) is 0.932. The minimum absolute atomic E-state index is 0.175. The molecule has 0 saturated heterocycles. The molecule has 1 aromatic carbocycles. The van der Waals surface area contributed by atoms with Crippen LogP contribution in [-0.4, -0.2) is 25.9 Å². The van der Waals surface area contributed by atoms with Crippen molar-refractivity contribution >= 4 is 27.9 Å². The van der Waals surface area contributed by atoms with E-state index in [2.05, 4.69) is 53.2 Å². The summed E-state index contributed by atoms with van der Waals surface area (Å²) in [5.41, 5.74) is 3.74. The van der Waals surface area contributed by atoms with Gasteiger partial charge >= 0.3 is 0 Å². The van der Waals surface area contributed by atoms with Gasteiger partial charge in [-0.15, -0.1) is 0 Å². The van der Waals surface area contributed by atoms with E-state index in [4.69, 9.17) is 0 Å². The number of aryl methyl sites for hydroxylation is 3. The maximum Gasteiger partial charge on any atom is 0.231 e. The topological polar surface area (TPSA) is 64.0 Å². The predicted molar refractivity (Wildman–Crippen MR) is 92.0 cm³/mol. The van der Waals surface area contributed by atoms with Crippen molar-refractivity contribution < 1.29 is 9.00 Å². The molecule has 1 aromatic heterocycles. The van der Waals surface area contributed by atoms with Crippen molar-refractivity contribution in [3.63, 3.8) is 0 Å². The van der Waals surface area contributed by atoms with Crippen molar-refractivity contribution in [1.82, 2.24) is 14.3 Å². The molecule has 1 heterocycles. The average molecular weight is 323 g/mol. The first-order valence-corrected chi connectivity index (χ1v) is 9.07. The molecular weight excluding hydrogens is 298 g/mol. The number of imidazole rings is 1. The van der Waals surface area contributed by atoms with E-state index >= 15 is 0 Å². The molecule has 0 aliphatic heterocycles. The van der Waals surface area contributed by atoms with Crippen LogP contribution in [0.5, 0.6) is 0 Å². The zero-order valence-electron chi connectivity index (χ0n) is 14.0. The van der Waals surface area contributed by atoms with E-state index in [1.54, 1.807) is 6.92 Å². The fraction of sp³-hybridized carbons (Fsp3) is 0.500. The van der Waals surface area contributed by atoms with E-state index in [-0.39, 0.29) is 5.91 Å². The Labute approximate surface area is 134 Å². The van der Waals surface area contributed by atoms with Crippen LogP contribution in [0.15, 0.2) is 18.2 Å². The number of aromatic nitrogens is 2. The Morgan fingerprint density at radius 1 is 1.32 bits per heavy atom. The Morgan fingerprint density at radius 2 is 2.00 bits per heavy atom. The van der Waals surface area contributed by atoms with Crippen molar-refractivity contribution in [2.75, 3.05) is 6.26 Å². The van der Waals surface area contributed by atoms with E-state index < -0.39 is 11.0 Å². The van der Waals surface area contributed by atoms with Gasteiger partial charge in [0.2, 0.25) is 5.91 Å². The van der Waals surface area contributed by atoms with Gasteiger partial charge in [-0.2, -0.15) is 0 Å². The van der Waals surface area contributed by atoms with Gasteiger partial charge in [0.1, 0.15) is 16.8 Å². The Bertz CT molecular complexity index is 665. The molecule has 5 nitrogen and oxygen atoms in total. The van der Waals surface area contributed by atoms with Gasteiger partial charge in [0, 0.05) is 19.2 Å². The summed E-state index contributed by atoms with van der Waals surface area (Å²) in [7, 11) is -1.20. The molecule has 1 N–H and O–H groups in total. The lowest BCUT2D eigenvalue weighted by molar-refractivity contribution is -0.118. The molecule has 0 spiro atoms. The van der Waals surface area contributed by atoms with E-state index in [1.165, 1.54) is 17.3 Å². The largest absolute Gasteiger partial charge is 0.329 e. The van der Waals surface area contributed by atoms with Crippen LogP contribution in [0, 0.1) is 6.92 Å². The van der Waals surface area contributed by atoms with Gasteiger partial charge in [-0.3, -0.25) is 9.52 Å². The first-order valence-electron chi connectivity index (χ1n) is 7.51. The highest BCUT2D eigenvalue weighted by molar-refractivity contribution is 7.82. The van der Waals surface area contributed by atoms with Crippen molar-refractivity contribution in [3.05, 3.63) is 29.6 Å². The number of nitrogens with one attached hydrogen (secondary N) is 1. The Hall–Kier alpha value is -1.69. The molecule has 0 saturated carbocycles. The van der Waals surface area contributed by atoms with Crippen molar-refractivity contribution in [1.29, 1.82) is 0 Å². The fourth-order valence-electron chi connectivity index (χ4n) is 2.15. The monoisotopic (exact) mass is 323 g/mol. The third kappa shape index (κ3) is 4.94. The van der Waals surface area contributed by atoms with Crippen LogP contribution in [0.4, 0.5) is 0 Å². The quantitative estimate of drug-likeness (QED) is 0.941. The highest BCUT2D eigenvalue weighted by Crippen LogP contribution is 2.17. The molecule has 122 valence electrons. The summed E-state index contributed by atoms with van der Waals surface area (Å²) in [6, 6.07) is 6.56. The molecule has 0 radical (unpaired) electrons. The summed E-state index contributed by atoms with van der Waals surface area (Å²) in [4.78, 5) is 14.9. The van der Waals surface area contributed by atoms with E-state index in [9.17, 15) is 9.00 Å². The van der Waals surface area contributed by atoms with Gasteiger partial charge in [-0.1, -0.05) is 19.9 Å². The Morgan fingerprint density at radius 3 is 2.45 bits per heavy atom. The molecule has 1 atom stereocenters. The fourth-order valence-corrected chi connectivity index (χ4v) is 2.61. The van der Waals surface area contributed by atoms with Gasteiger partial charge in [-0.05, 0) is 38.0 Å². The number of fused-ring (bicyclic) bond motifs is 1. The lowest BCUT2D eigenvalue weighted by Gasteiger charge is -2.01. The summed E-state index contributed by atoms with van der Waals surface area (Å²) in [6.45, 7) is 9.10. The summed E-state index contributed by atoms with van der Waals surface area (Å²) >= 11 is 0. The predicted octanol–water partition coefficient (Wildman–Crippen LogP) is 2.73. The van der Waals surface area contributed by atoms with Gasteiger partial charge in [0.15, 0.2) is 0 Å². The van der Waals surface area contributed by atoms with Crippen molar-refractivity contribution in [3.8, 4) is 0 Å². The van der Waals surface area contributed by atoms with E-state index in [0.29, 0.717) is 6.42 Å². The molecule has 1 amide bonds. The number of hydrogen-bond donors (Lipinski definition) is 1. The lowest BCUT2D eigenvalue weighted by Crippen LogP contribution is -2.23. The van der Waals surface area contributed by atoms with Crippen molar-refractivity contribution in [2.24, 2.45) is 0 Å². The van der Waals surface area contributed by atoms with E-state index in [1.807, 2.05) is 0 Å². The normalized spacial score (nSPS) is 11.7. The molecule has 0 fully saturated rings.